The Morgan fingerprint density at radius 2 is 1.83 bits per heavy atom. The zero-order valence-electron chi connectivity index (χ0n) is 13.9. The first-order valence-corrected chi connectivity index (χ1v) is 7.95. The summed E-state index contributed by atoms with van der Waals surface area (Å²) in [6.45, 7) is 5.47. The van der Waals surface area contributed by atoms with E-state index < -0.39 is 17.3 Å². The molecule has 2 nitrogen and oxygen atoms in total. The summed E-state index contributed by atoms with van der Waals surface area (Å²) >= 11 is 0. The summed E-state index contributed by atoms with van der Waals surface area (Å²) in [6, 6.07) is 4.39. The van der Waals surface area contributed by atoms with Crippen molar-refractivity contribution in [3.05, 3.63) is 41.0 Å². The third-order valence-corrected chi connectivity index (χ3v) is 4.13. The molecule has 0 fully saturated rings. The second-order valence-electron chi connectivity index (χ2n) is 7.08. The van der Waals surface area contributed by atoms with Gasteiger partial charge in [-0.25, -0.2) is 0 Å². The molecule has 2 rings (SSSR count). The van der Waals surface area contributed by atoms with Gasteiger partial charge in [0.15, 0.2) is 0 Å². The molecule has 0 spiro atoms. The topological polar surface area (TPSA) is 23.5 Å². The predicted molar refractivity (Wildman–Crippen MR) is 85.0 cm³/mol. The Hall–Kier alpha value is -1.33. The summed E-state index contributed by atoms with van der Waals surface area (Å²) in [7, 11) is 0. The molecule has 1 aromatic rings. The normalized spacial score (nSPS) is 16.6. The highest BCUT2D eigenvalue weighted by atomic mass is 19.4. The first kappa shape index (κ1) is 18.0. The quantitative estimate of drug-likeness (QED) is 0.725. The molecule has 128 valence electrons. The highest BCUT2D eigenvalue weighted by Gasteiger charge is 2.34. The van der Waals surface area contributed by atoms with Gasteiger partial charge in [-0.3, -0.25) is 0 Å². The minimum Gasteiger partial charge on any atom is -0.313 e. The Morgan fingerprint density at radius 1 is 1.13 bits per heavy atom. The van der Waals surface area contributed by atoms with E-state index in [9.17, 15) is 18.4 Å². The lowest BCUT2D eigenvalue weighted by Crippen LogP contribution is -2.38. The summed E-state index contributed by atoms with van der Waals surface area (Å²) in [5, 5.41) is 11.0. The molecular formula is C18H24F3NO. The van der Waals surface area contributed by atoms with Gasteiger partial charge in [0.2, 0.25) is 0 Å². The molecule has 1 aromatic carbocycles. The molecule has 0 heterocycles. The standard InChI is InChI=1S/C18H24F3NO/c1-17(2,3)22(23)12-13-9-10-15(14-7-5-4-6-8-14)16(11-13)18(19,20)21/h7,9-11,23H,4-6,8,12H2,1-3H3. The Bertz CT molecular complexity index is 585. The maximum absolute atomic E-state index is 13.5. The fraction of sp³-hybridized carbons (Fsp3) is 0.556. The fourth-order valence-electron chi connectivity index (χ4n) is 2.70. The van der Waals surface area contributed by atoms with Crippen molar-refractivity contribution >= 4 is 5.57 Å². The second kappa shape index (κ2) is 6.65. The van der Waals surface area contributed by atoms with E-state index in [1.54, 1.807) is 32.9 Å². The molecule has 0 aliphatic heterocycles. The van der Waals surface area contributed by atoms with Gasteiger partial charge in [0.25, 0.3) is 0 Å². The first-order valence-electron chi connectivity index (χ1n) is 7.95. The molecule has 1 aliphatic rings. The maximum Gasteiger partial charge on any atom is 0.417 e. The Morgan fingerprint density at radius 3 is 2.35 bits per heavy atom. The molecule has 0 saturated carbocycles. The van der Waals surface area contributed by atoms with Crippen LogP contribution in [0.1, 0.15) is 63.1 Å². The van der Waals surface area contributed by atoms with Crippen molar-refractivity contribution in [1.29, 1.82) is 0 Å². The molecule has 23 heavy (non-hydrogen) atoms. The lowest BCUT2D eigenvalue weighted by molar-refractivity contribution is -0.164. The van der Waals surface area contributed by atoms with Gasteiger partial charge in [-0.05, 0) is 69.2 Å². The van der Waals surface area contributed by atoms with Crippen molar-refractivity contribution in [2.45, 2.75) is 64.7 Å². The van der Waals surface area contributed by atoms with E-state index in [-0.39, 0.29) is 12.1 Å². The highest BCUT2D eigenvalue weighted by Crippen LogP contribution is 2.38. The van der Waals surface area contributed by atoms with Gasteiger partial charge < -0.3 is 5.21 Å². The third-order valence-electron chi connectivity index (χ3n) is 4.13. The number of halogens is 3. The van der Waals surface area contributed by atoms with Crippen molar-refractivity contribution in [1.82, 2.24) is 5.06 Å². The second-order valence-corrected chi connectivity index (χ2v) is 7.08. The Balaban J connectivity index is 2.37. The largest absolute Gasteiger partial charge is 0.417 e. The average molecular weight is 327 g/mol. The lowest BCUT2D eigenvalue weighted by atomic mass is 9.89. The van der Waals surface area contributed by atoms with E-state index in [1.165, 1.54) is 6.07 Å². The zero-order chi connectivity index (χ0) is 17.3. The van der Waals surface area contributed by atoms with E-state index in [0.29, 0.717) is 12.0 Å². The molecule has 1 aliphatic carbocycles. The summed E-state index contributed by atoms with van der Waals surface area (Å²) < 4.78 is 40.4. The molecular weight excluding hydrogens is 303 g/mol. The van der Waals surface area contributed by atoms with E-state index in [0.717, 1.165) is 29.9 Å². The summed E-state index contributed by atoms with van der Waals surface area (Å²) in [5.41, 5.74) is 0.386. The summed E-state index contributed by atoms with van der Waals surface area (Å²) in [5.74, 6) is 0. The fourth-order valence-corrected chi connectivity index (χ4v) is 2.70. The van der Waals surface area contributed by atoms with Crippen LogP contribution in [-0.4, -0.2) is 15.8 Å². The molecule has 0 amide bonds. The van der Waals surface area contributed by atoms with Crippen LogP contribution < -0.4 is 0 Å². The van der Waals surface area contributed by atoms with Crippen LogP contribution >= 0.6 is 0 Å². The molecule has 0 atom stereocenters. The van der Waals surface area contributed by atoms with Crippen LogP contribution in [0.4, 0.5) is 13.2 Å². The first-order chi connectivity index (χ1) is 10.6. The Labute approximate surface area is 135 Å². The highest BCUT2D eigenvalue weighted by molar-refractivity contribution is 5.69. The van der Waals surface area contributed by atoms with Crippen LogP contribution in [0.5, 0.6) is 0 Å². The van der Waals surface area contributed by atoms with Gasteiger partial charge in [-0.15, -0.1) is 0 Å². The number of hydrogen-bond donors (Lipinski definition) is 1. The number of allylic oxidation sites excluding steroid dienone is 2. The monoisotopic (exact) mass is 327 g/mol. The minimum atomic E-state index is -4.40. The SMILES string of the molecule is CC(C)(C)N(O)Cc1ccc(C2=CCCCC2)c(C(F)(F)F)c1. The van der Waals surface area contributed by atoms with Gasteiger partial charge in [-0.1, -0.05) is 18.2 Å². The van der Waals surface area contributed by atoms with Crippen LogP contribution in [0.3, 0.4) is 0 Å². The van der Waals surface area contributed by atoms with Crippen molar-refractivity contribution in [2.75, 3.05) is 0 Å². The van der Waals surface area contributed by atoms with Gasteiger partial charge in [0.05, 0.1) is 5.56 Å². The van der Waals surface area contributed by atoms with Crippen LogP contribution in [0.2, 0.25) is 0 Å². The van der Waals surface area contributed by atoms with Crippen LogP contribution in [0.15, 0.2) is 24.3 Å². The minimum absolute atomic E-state index is 0.0614. The van der Waals surface area contributed by atoms with Crippen molar-refractivity contribution in [2.24, 2.45) is 0 Å². The Kier molecular flexibility index (Phi) is 5.21. The smallest absolute Gasteiger partial charge is 0.313 e. The zero-order valence-corrected chi connectivity index (χ0v) is 13.9. The third kappa shape index (κ3) is 4.58. The molecule has 5 heteroatoms. The lowest BCUT2D eigenvalue weighted by Gasteiger charge is -2.30. The van der Waals surface area contributed by atoms with Crippen molar-refractivity contribution in [3.8, 4) is 0 Å². The van der Waals surface area contributed by atoms with E-state index in [2.05, 4.69) is 0 Å². The van der Waals surface area contributed by atoms with Gasteiger partial charge >= 0.3 is 6.18 Å². The van der Waals surface area contributed by atoms with E-state index in [1.807, 2.05) is 6.08 Å². The number of rotatable bonds is 3. The number of benzene rings is 1. The molecule has 0 unspecified atom stereocenters. The number of hydrogen-bond acceptors (Lipinski definition) is 2. The van der Waals surface area contributed by atoms with Crippen LogP contribution in [0, 0.1) is 0 Å². The van der Waals surface area contributed by atoms with Crippen molar-refractivity contribution in [3.63, 3.8) is 0 Å². The van der Waals surface area contributed by atoms with E-state index >= 15 is 0 Å². The van der Waals surface area contributed by atoms with Crippen LogP contribution in [0.25, 0.3) is 5.57 Å². The number of alkyl halides is 3. The molecule has 0 aromatic heterocycles. The van der Waals surface area contributed by atoms with Gasteiger partial charge in [0, 0.05) is 12.1 Å². The van der Waals surface area contributed by atoms with Gasteiger partial charge in [-0.2, -0.15) is 18.2 Å². The molecule has 0 radical (unpaired) electrons. The average Bonchev–Trinajstić information content (AvgIpc) is 2.46. The molecule has 0 bridgehead atoms. The molecule has 1 N–H and O–H groups in total. The van der Waals surface area contributed by atoms with Crippen LogP contribution in [-0.2, 0) is 12.7 Å². The summed E-state index contributed by atoms with van der Waals surface area (Å²) in [6.07, 6.45) is 1.01. The predicted octanol–water partition coefficient (Wildman–Crippen LogP) is 5.65. The number of nitrogens with zero attached hydrogens (tertiary/aromatic N) is 1. The summed E-state index contributed by atoms with van der Waals surface area (Å²) in [4.78, 5) is 0. The maximum atomic E-state index is 13.5. The molecule has 0 saturated heterocycles. The number of hydroxylamine groups is 2. The van der Waals surface area contributed by atoms with E-state index in [4.69, 9.17) is 0 Å². The van der Waals surface area contributed by atoms with Gasteiger partial charge in [0.1, 0.15) is 0 Å². The van der Waals surface area contributed by atoms with Crippen molar-refractivity contribution < 1.29 is 18.4 Å².